The van der Waals surface area contributed by atoms with Crippen molar-refractivity contribution in [2.45, 2.75) is 25.9 Å². The molecule has 0 spiro atoms. The molecule has 3 rings (SSSR count). The van der Waals surface area contributed by atoms with Gasteiger partial charge in [-0.25, -0.2) is 4.39 Å². The van der Waals surface area contributed by atoms with Gasteiger partial charge in [-0.1, -0.05) is 19.1 Å². The van der Waals surface area contributed by atoms with E-state index in [9.17, 15) is 14.0 Å². The van der Waals surface area contributed by atoms with Crippen molar-refractivity contribution in [2.75, 3.05) is 13.1 Å². The maximum Gasteiger partial charge on any atom is 0.273 e. The first-order chi connectivity index (χ1) is 11.6. The van der Waals surface area contributed by atoms with Crippen molar-refractivity contribution in [3.63, 3.8) is 0 Å². The smallest absolute Gasteiger partial charge is 0.273 e. The fraction of sp³-hybridized carbons (Fsp3) is 0.353. The van der Waals surface area contributed by atoms with Gasteiger partial charge in [-0.15, -0.1) is 0 Å². The number of halogens is 1. The van der Waals surface area contributed by atoms with E-state index in [0.717, 1.165) is 6.42 Å². The van der Waals surface area contributed by atoms with Crippen LogP contribution in [0.2, 0.25) is 0 Å². The number of carbonyl (C=O) groups is 2. The fourth-order valence-corrected chi connectivity index (χ4v) is 2.91. The quantitative estimate of drug-likeness (QED) is 0.929. The van der Waals surface area contributed by atoms with Crippen LogP contribution in [-0.4, -0.2) is 39.6 Å². The lowest BCUT2D eigenvalue weighted by molar-refractivity contribution is -0.128. The van der Waals surface area contributed by atoms with Gasteiger partial charge in [-0.05, 0) is 30.2 Å². The number of carbonyl (C=O) groups excluding carboxylic acids is 2. The Hall–Kier alpha value is -2.70. The van der Waals surface area contributed by atoms with Gasteiger partial charge in [0.25, 0.3) is 5.91 Å². The van der Waals surface area contributed by atoms with Crippen LogP contribution in [0.4, 0.5) is 4.39 Å². The first-order valence-corrected chi connectivity index (χ1v) is 7.97. The van der Waals surface area contributed by atoms with Gasteiger partial charge in [-0.3, -0.25) is 14.3 Å². The number of nitrogens with zero attached hydrogens (tertiary/aromatic N) is 3. The van der Waals surface area contributed by atoms with Crippen LogP contribution >= 0.6 is 0 Å². The standard InChI is InChI=1S/C17H19FN4O2/c1-2-10-22-14(7-8-20-22)17(24)21-11-9-19-16(23)15(21)12-3-5-13(18)6-4-12/h3-8,15H,2,9-11H2,1H3,(H,19,23)/t15-/m0/s1. The van der Waals surface area contributed by atoms with E-state index in [4.69, 9.17) is 0 Å². The Balaban J connectivity index is 1.94. The van der Waals surface area contributed by atoms with E-state index in [0.29, 0.717) is 30.9 Å². The highest BCUT2D eigenvalue weighted by Crippen LogP contribution is 2.25. The van der Waals surface area contributed by atoms with Gasteiger partial charge < -0.3 is 10.2 Å². The van der Waals surface area contributed by atoms with Crippen molar-refractivity contribution in [3.8, 4) is 0 Å². The van der Waals surface area contributed by atoms with Gasteiger partial charge in [0.1, 0.15) is 17.6 Å². The number of aromatic nitrogens is 2. The highest BCUT2D eigenvalue weighted by Gasteiger charge is 2.35. The molecule has 7 heteroatoms. The van der Waals surface area contributed by atoms with Crippen molar-refractivity contribution in [1.82, 2.24) is 20.0 Å². The minimum absolute atomic E-state index is 0.245. The number of amides is 2. The second kappa shape index (κ2) is 6.82. The zero-order valence-corrected chi connectivity index (χ0v) is 13.4. The topological polar surface area (TPSA) is 67.2 Å². The van der Waals surface area contributed by atoms with E-state index >= 15 is 0 Å². The molecule has 6 nitrogen and oxygen atoms in total. The van der Waals surface area contributed by atoms with Gasteiger partial charge in [0.2, 0.25) is 5.91 Å². The van der Waals surface area contributed by atoms with Crippen molar-refractivity contribution >= 4 is 11.8 Å². The Morgan fingerprint density at radius 1 is 1.33 bits per heavy atom. The molecule has 1 aromatic heterocycles. The molecule has 2 amide bonds. The van der Waals surface area contributed by atoms with Crippen molar-refractivity contribution in [1.29, 1.82) is 0 Å². The molecule has 0 unspecified atom stereocenters. The van der Waals surface area contributed by atoms with E-state index in [-0.39, 0.29) is 17.6 Å². The Bertz CT molecular complexity index is 741. The third-order valence-electron chi connectivity index (χ3n) is 4.03. The monoisotopic (exact) mass is 330 g/mol. The van der Waals surface area contributed by atoms with Gasteiger partial charge in [0.05, 0.1) is 0 Å². The largest absolute Gasteiger partial charge is 0.352 e. The zero-order chi connectivity index (χ0) is 17.1. The van der Waals surface area contributed by atoms with Crippen LogP contribution in [0.3, 0.4) is 0 Å². The summed E-state index contributed by atoms with van der Waals surface area (Å²) in [4.78, 5) is 26.8. The Morgan fingerprint density at radius 2 is 2.08 bits per heavy atom. The van der Waals surface area contributed by atoms with Crippen LogP contribution in [0, 0.1) is 5.82 Å². The third-order valence-corrected chi connectivity index (χ3v) is 4.03. The lowest BCUT2D eigenvalue weighted by Gasteiger charge is -2.35. The second-order valence-corrected chi connectivity index (χ2v) is 5.68. The van der Waals surface area contributed by atoms with Gasteiger partial charge >= 0.3 is 0 Å². The van der Waals surface area contributed by atoms with Crippen LogP contribution in [0.1, 0.15) is 35.4 Å². The molecule has 1 aliphatic rings. The summed E-state index contributed by atoms with van der Waals surface area (Å²) in [5.74, 6) is -0.887. The summed E-state index contributed by atoms with van der Waals surface area (Å²) in [6, 6.07) is 6.55. The Kier molecular flexibility index (Phi) is 4.59. The highest BCUT2D eigenvalue weighted by molar-refractivity contribution is 5.97. The summed E-state index contributed by atoms with van der Waals surface area (Å²) in [5, 5.41) is 6.94. The number of benzene rings is 1. The molecule has 0 aliphatic carbocycles. The molecule has 0 saturated carbocycles. The lowest BCUT2D eigenvalue weighted by Crippen LogP contribution is -2.52. The maximum absolute atomic E-state index is 13.2. The van der Waals surface area contributed by atoms with Gasteiger partial charge in [0, 0.05) is 25.8 Å². The number of hydrogen-bond donors (Lipinski definition) is 1. The average Bonchev–Trinajstić information content (AvgIpc) is 3.04. The summed E-state index contributed by atoms with van der Waals surface area (Å²) >= 11 is 0. The predicted octanol–water partition coefficient (Wildman–Crippen LogP) is 1.75. The predicted molar refractivity (Wildman–Crippen MR) is 85.7 cm³/mol. The normalized spacial score (nSPS) is 17.7. The minimum atomic E-state index is -0.767. The van der Waals surface area contributed by atoms with E-state index in [1.807, 2.05) is 6.92 Å². The SMILES string of the molecule is CCCn1nccc1C(=O)N1CCNC(=O)[C@@H]1c1ccc(F)cc1. The zero-order valence-electron chi connectivity index (χ0n) is 13.4. The summed E-state index contributed by atoms with van der Waals surface area (Å²) in [6.07, 6.45) is 2.43. The Labute approximate surface area is 139 Å². The number of rotatable bonds is 4. The number of hydrogen-bond acceptors (Lipinski definition) is 3. The number of aryl methyl sites for hydroxylation is 1. The fourth-order valence-electron chi connectivity index (χ4n) is 2.91. The van der Waals surface area contributed by atoms with Crippen molar-refractivity contribution in [3.05, 3.63) is 53.6 Å². The first-order valence-electron chi connectivity index (χ1n) is 7.97. The summed E-state index contributed by atoms with van der Waals surface area (Å²) in [7, 11) is 0. The van der Waals surface area contributed by atoms with E-state index in [1.54, 1.807) is 16.9 Å². The average molecular weight is 330 g/mol. The van der Waals surface area contributed by atoms with Gasteiger partial charge in [0.15, 0.2) is 0 Å². The maximum atomic E-state index is 13.2. The minimum Gasteiger partial charge on any atom is -0.352 e. The van der Waals surface area contributed by atoms with E-state index in [1.165, 1.54) is 29.2 Å². The molecule has 2 heterocycles. The van der Waals surface area contributed by atoms with Crippen LogP contribution in [0.5, 0.6) is 0 Å². The molecule has 1 N–H and O–H groups in total. The molecule has 1 atom stereocenters. The molecule has 0 bridgehead atoms. The number of piperazine rings is 1. The summed E-state index contributed by atoms with van der Waals surface area (Å²) < 4.78 is 14.8. The molecule has 2 aromatic rings. The van der Waals surface area contributed by atoms with E-state index in [2.05, 4.69) is 10.4 Å². The van der Waals surface area contributed by atoms with E-state index < -0.39 is 6.04 Å². The van der Waals surface area contributed by atoms with Crippen molar-refractivity contribution in [2.24, 2.45) is 0 Å². The molecule has 0 radical (unpaired) electrons. The van der Waals surface area contributed by atoms with Crippen LogP contribution in [0.15, 0.2) is 36.5 Å². The molecular formula is C17H19FN4O2. The van der Waals surface area contributed by atoms with Crippen LogP contribution in [0.25, 0.3) is 0 Å². The molecule has 1 aromatic carbocycles. The molecule has 1 fully saturated rings. The Morgan fingerprint density at radius 3 is 2.79 bits per heavy atom. The number of nitrogens with one attached hydrogen (secondary N) is 1. The second-order valence-electron chi connectivity index (χ2n) is 5.68. The van der Waals surface area contributed by atoms with Crippen LogP contribution in [-0.2, 0) is 11.3 Å². The molecule has 24 heavy (non-hydrogen) atoms. The summed E-state index contributed by atoms with van der Waals surface area (Å²) in [5.41, 5.74) is 1.04. The van der Waals surface area contributed by atoms with Crippen molar-refractivity contribution < 1.29 is 14.0 Å². The van der Waals surface area contributed by atoms with Gasteiger partial charge in [-0.2, -0.15) is 5.10 Å². The van der Waals surface area contributed by atoms with Crippen LogP contribution < -0.4 is 5.32 Å². The molecule has 126 valence electrons. The summed E-state index contributed by atoms with van der Waals surface area (Å²) in [6.45, 7) is 3.43. The molecule has 1 aliphatic heterocycles. The molecule has 1 saturated heterocycles. The lowest BCUT2D eigenvalue weighted by atomic mass is 10.0. The third kappa shape index (κ3) is 3.02. The first kappa shape index (κ1) is 16.2. The molecular weight excluding hydrogens is 311 g/mol. The highest BCUT2D eigenvalue weighted by atomic mass is 19.1.